The molecule has 2 N–H and O–H groups in total. The van der Waals surface area contributed by atoms with Crippen molar-refractivity contribution in [3.63, 3.8) is 0 Å². The van der Waals surface area contributed by atoms with Gasteiger partial charge in [0.15, 0.2) is 0 Å². The van der Waals surface area contributed by atoms with Gasteiger partial charge in [-0.25, -0.2) is 9.97 Å². The molecular weight excluding hydrogens is 510 g/mol. The van der Waals surface area contributed by atoms with Gasteiger partial charge in [-0.1, -0.05) is 42.5 Å². The highest BCUT2D eigenvalue weighted by Crippen LogP contribution is 2.31. The molecule has 0 bridgehead atoms. The van der Waals surface area contributed by atoms with Crippen molar-refractivity contribution in [3.05, 3.63) is 97.3 Å². The monoisotopic (exact) mass is 530 g/mol. The molecule has 0 saturated carbocycles. The molecule has 4 aromatic heterocycles. The summed E-state index contributed by atoms with van der Waals surface area (Å²) >= 11 is 0. The number of pyridine rings is 4. The van der Waals surface area contributed by atoms with E-state index in [9.17, 15) is 9.79 Å². The number of aromatic nitrogens is 4. The summed E-state index contributed by atoms with van der Waals surface area (Å²) in [6, 6.07) is 28.0. The van der Waals surface area contributed by atoms with Gasteiger partial charge in [0.2, 0.25) is 0 Å². The minimum Gasteiger partial charge on any atom is -0.372 e. The van der Waals surface area contributed by atoms with E-state index in [1.807, 2.05) is 78.9 Å². The fourth-order valence-electron chi connectivity index (χ4n) is 4.99. The van der Waals surface area contributed by atoms with Crippen molar-refractivity contribution in [1.82, 2.24) is 19.9 Å². The Hall–Kier alpha value is -3.92. The lowest BCUT2D eigenvalue weighted by Gasteiger charge is -2.11. The molecule has 4 heterocycles. The predicted octanol–water partition coefficient (Wildman–Crippen LogP) is 5.64. The summed E-state index contributed by atoms with van der Waals surface area (Å²) < 4.78 is 0. The van der Waals surface area contributed by atoms with Crippen LogP contribution in [0, 0.1) is 0 Å². The number of benzene rings is 3. The van der Waals surface area contributed by atoms with Crippen molar-refractivity contribution < 1.29 is 9.79 Å². The molecule has 7 aromatic rings. The lowest BCUT2D eigenvalue weighted by molar-refractivity contribution is 0.654. The molecule has 6 nitrogen and oxygen atoms in total. The smallest absolute Gasteiger partial charge is 0.0972 e. The number of fused-ring (bicyclic) bond motifs is 6. The van der Waals surface area contributed by atoms with Gasteiger partial charge in [-0.2, -0.15) is 0 Å². The van der Waals surface area contributed by atoms with E-state index in [1.54, 1.807) is 12.4 Å². The van der Waals surface area contributed by atoms with Crippen LogP contribution >= 0.6 is 17.6 Å². The zero-order chi connectivity index (χ0) is 25.6. The van der Waals surface area contributed by atoms with Crippen molar-refractivity contribution in [3.8, 4) is 22.5 Å². The zero-order valence-electron chi connectivity index (χ0n) is 19.9. The van der Waals surface area contributed by atoms with Crippen LogP contribution in [0.1, 0.15) is 0 Å². The van der Waals surface area contributed by atoms with Gasteiger partial charge in [0.05, 0.1) is 33.5 Å². The molecule has 2 atom stereocenters. The Bertz CT molecular complexity index is 1890. The topological polar surface area (TPSA) is 92.0 Å². The molecule has 0 radical (unpaired) electrons. The normalized spacial score (nSPS) is 12.3. The molecule has 0 amide bonds. The fraction of sp³-hybridized carbons (Fsp3) is 0. The molecule has 0 spiro atoms. The Labute approximate surface area is 221 Å². The maximum atomic E-state index is 9.88. The number of hydrogen-bond acceptors (Lipinski definition) is 6. The Balaban J connectivity index is 1.37. The third-order valence-corrected chi connectivity index (χ3v) is 8.10. The van der Waals surface area contributed by atoms with Crippen molar-refractivity contribution in [1.29, 1.82) is 0 Å². The van der Waals surface area contributed by atoms with Crippen LogP contribution in [0.25, 0.3) is 66.1 Å². The van der Waals surface area contributed by atoms with Gasteiger partial charge in [-0.15, -0.1) is 0 Å². The van der Waals surface area contributed by atoms with E-state index in [1.165, 1.54) is 0 Å². The van der Waals surface area contributed by atoms with E-state index in [-0.39, 0.29) is 17.6 Å². The van der Waals surface area contributed by atoms with Crippen LogP contribution in [0.2, 0.25) is 0 Å². The van der Waals surface area contributed by atoms with E-state index in [2.05, 4.69) is 16.0 Å². The first-order valence-corrected chi connectivity index (χ1v) is 13.9. The van der Waals surface area contributed by atoms with E-state index in [0.717, 1.165) is 76.7 Å². The van der Waals surface area contributed by atoms with E-state index < -0.39 is 0 Å². The van der Waals surface area contributed by atoms with Crippen LogP contribution in [0.15, 0.2) is 97.3 Å². The summed E-state index contributed by atoms with van der Waals surface area (Å²) in [7, 11) is -0.613. The highest BCUT2D eigenvalue weighted by atomic mass is 31.1. The van der Waals surface area contributed by atoms with Crippen LogP contribution in [-0.2, 0) is 0 Å². The van der Waals surface area contributed by atoms with E-state index >= 15 is 0 Å². The molecule has 0 fully saturated rings. The summed E-state index contributed by atoms with van der Waals surface area (Å²) in [6.07, 6.45) is 3.52. The molecule has 38 heavy (non-hydrogen) atoms. The second-order valence-corrected chi connectivity index (χ2v) is 10.5. The lowest BCUT2D eigenvalue weighted by Crippen LogP contribution is -2.00. The second kappa shape index (κ2) is 9.43. The average Bonchev–Trinajstić information content (AvgIpc) is 2.99. The summed E-state index contributed by atoms with van der Waals surface area (Å²) in [5.74, 6) is 0. The van der Waals surface area contributed by atoms with Crippen molar-refractivity contribution in [2.24, 2.45) is 0 Å². The standard InChI is InChI=1S/C30H20N4O2P2/c35-37-25-15-19-8-10-23(33-27(19)29-21(25)6-2-12-31-29)17-4-1-5-18(14-17)24-11-9-20-16-26(38-36)22-7-3-13-32-30(22)28(20)34-24/h1-16,35-38H. The Kier molecular flexibility index (Phi) is 5.76. The SMILES string of the molecule is OPc1cc2ccc(-c3cccc(-c4ccc5cc(PO)c6cccnc6c5n4)c3)nc2c2ncccc12. The zero-order valence-corrected chi connectivity index (χ0v) is 21.9. The first kappa shape index (κ1) is 23.2. The summed E-state index contributed by atoms with van der Waals surface area (Å²) in [4.78, 5) is 38.9. The first-order valence-electron chi connectivity index (χ1n) is 12.0. The van der Waals surface area contributed by atoms with Gasteiger partial charge in [-0.3, -0.25) is 9.97 Å². The predicted molar refractivity (Wildman–Crippen MR) is 159 cm³/mol. The van der Waals surface area contributed by atoms with Gasteiger partial charge in [0.25, 0.3) is 0 Å². The van der Waals surface area contributed by atoms with Gasteiger partial charge in [0.1, 0.15) is 0 Å². The summed E-state index contributed by atoms with van der Waals surface area (Å²) in [5, 5.41) is 5.48. The molecule has 182 valence electrons. The van der Waals surface area contributed by atoms with Crippen LogP contribution in [0.4, 0.5) is 0 Å². The van der Waals surface area contributed by atoms with Crippen molar-refractivity contribution >= 4 is 71.8 Å². The van der Waals surface area contributed by atoms with Gasteiger partial charge < -0.3 is 9.79 Å². The molecule has 8 heteroatoms. The highest BCUT2D eigenvalue weighted by Gasteiger charge is 2.13. The molecule has 0 saturated heterocycles. The first-order chi connectivity index (χ1) is 18.7. The lowest BCUT2D eigenvalue weighted by atomic mass is 10.0. The largest absolute Gasteiger partial charge is 0.372 e. The highest BCUT2D eigenvalue weighted by molar-refractivity contribution is 7.42. The molecule has 7 rings (SSSR count). The van der Waals surface area contributed by atoms with Gasteiger partial charge in [-0.05, 0) is 42.5 Å². The average molecular weight is 530 g/mol. The van der Waals surface area contributed by atoms with Crippen LogP contribution in [-0.4, -0.2) is 29.7 Å². The number of hydrogen-bond donors (Lipinski definition) is 2. The summed E-state index contributed by atoms with van der Waals surface area (Å²) in [5.41, 5.74) is 6.83. The minimum atomic E-state index is -0.306. The maximum absolute atomic E-state index is 9.88. The maximum Gasteiger partial charge on any atom is 0.0972 e. The molecule has 3 aromatic carbocycles. The van der Waals surface area contributed by atoms with Gasteiger partial charge in [0, 0.05) is 73.3 Å². The minimum absolute atomic E-state index is 0.306. The molecular formula is C30H20N4O2P2. The van der Waals surface area contributed by atoms with Crippen LogP contribution in [0.3, 0.4) is 0 Å². The van der Waals surface area contributed by atoms with Crippen molar-refractivity contribution in [2.75, 3.05) is 0 Å². The fourth-order valence-corrected chi connectivity index (χ4v) is 6.07. The van der Waals surface area contributed by atoms with Crippen molar-refractivity contribution in [2.45, 2.75) is 0 Å². The molecule has 0 aliphatic heterocycles. The quantitative estimate of drug-likeness (QED) is 0.226. The second-order valence-electron chi connectivity index (χ2n) is 8.99. The van der Waals surface area contributed by atoms with Gasteiger partial charge >= 0.3 is 0 Å². The molecule has 0 aliphatic carbocycles. The molecule has 2 unspecified atom stereocenters. The Morgan fingerprint density at radius 1 is 0.500 bits per heavy atom. The number of rotatable bonds is 4. The third kappa shape index (κ3) is 3.82. The third-order valence-electron chi connectivity index (χ3n) is 6.79. The van der Waals surface area contributed by atoms with Crippen LogP contribution < -0.4 is 10.6 Å². The summed E-state index contributed by atoms with van der Waals surface area (Å²) in [6.45, 7) is 0. The van der Waals surface area contributed by atoms with Crippen LogP contribution in [0.5, 0.6) is 0 Å². The van der Waals surface area contributed by atoms with E-state index in [4.69, 9.17) is 9.97 Å². The molecule has 0 aliphatic rings. The van der Waals surface area contributed by atoms with E-state index in [0.29, 0.717) is 0 Å². The Morgan fingerprint density at radius 3 is 1.47 bits per heavy atom. The Morgan fingerprint density at radius 2 is 1.00 bits per heavy atom. The number of nitrogens with zero attached hydrogens (tertiary/aromatic N) is 4.